The number of rotatable bonds is 7. The number of aromatic nitrogens is 2. The highest BCUT2D eigenvalue weighted by Crippen LogP contribution is 2.30. The third kappa shape index (κ3) is 5.76. The van der Waals surface area contributed by atoms with Crippen LogP contribution in [0, 0.1) is 13.8 Å². The Kier molecular flexibility index (Phi) is 7.35. The van der Waals surface area contributed by atoms with E-state index in [1.54, 1.807) is 13.3 Å². The lowest BCUT2D eigenvalue weighted by atomic mass is 9.99. The van der Waals surface area contributed by atoms with Gasteiger partial charge in [0, 0.05) is 19.3 Å². The van der Waals surface area contributed by atoms with Crippen LogP contribution in [-0.4, -0.2) is 34.4 Å². The number of piperidine rings is 1. The summed E-state index contributed by atoms with van der Waals surface area (Å²) in [5.74, 6) is 1.42. The molecule has 1 saturated heterocycles. The van der Waals surface area contributed by atoms with Crippen LogP contribution in [0.1, 0.15) is 63.9 Å². The number of carbonyl (C=O) groups is 1. The van der Waals surface area contributed by atoms with Gasteiger partial charge in [0.2, 0.25) is 0 Å². The lowest BCUT2D eigenvalue weighted by Crippen LogP contribution is -2.34. The monoisotopic (exact) mass is 444 g/mol. The maximum absolute atomic E-state index is 12.8. The van der Waals surface area contributed by atoms with E-state index in [2.05, 4.69) is 46.4 Å². The maximum atomic E-state index is 12.8. The highest BCUT2D eigenvalue weighted by molar-refractivity contribution is 5.94. The minimum atomic E-state index is -0.165. The van der Waals surface area contributed by atoms with Crippen LogP contribution < -0.4 is 10.1 Å². The number of ether oxygens (including phenoxy) is 1. The van der Waals surface area contributed by atoms with Gasteiger partial charge in [-0.3, -0.25) is 9.69 Å². The molecule has 1 atom stereocenters. The predicted molar refractivity (Wildman–Crippen MR) is 129 cm³/mol. The van der Waals surface area contributed by atoms with E-state index < -0.39 is 0 Å². The summed E-state index contributed by atoms with van der Waals surface area (Å²) < 4.78 is 5.25. The minimum absolute atomic E-state index is 0.165. The third-order valence-corrected chi connectivity index (χ3v) is 6.21. The molecule has 2 heterocycles. The van der Waals surface area contributed by atoms with Crippen molar-refractivity contribution in [3.05, 3.63) is 88.5 Å². The summed E-state index contributed by atoms with van der Waals surface area (Å²) in [6, 6.07) is 16.5. The first-order valence-corrected chi connectivity index (χ1v) is 11.6. The van der Waals surface area contributed by atoms with Crippen LogP contribution in [0.4, 0.5) is 0 Å². The Hall–Kier alpha value is -3.25. The zero-order valence-electron chi connectivity index (χ0n) is 19.7. The van der Waals surface area contributed by atoms with Gasteiger partial charge in [-0.25, -0.2) is 9.97 Å². The van der Waals surface area contributed by atoms with Crippen LogP contribution in [0.2, 0.25) is 0 Å². The van der Waals surface area contributed by atoms with Gasteiger partial charge in [-0.15, -0.1) is 0 Å². The van der Waals surface area contributed by atoms with Crippen molar-refractivity contribution < 1.29 is 9.53 Å². The van der Waals surface area contributed by atoms with E-state index in [0.29, 0.717) is 17.8 Å². The summed E-state index contributed by atoms with van der Waals surface area (Å²) >= 11 is 0. The first-order valence-electron chi connectivity index (χ1n) is 11.6. The molecule has 172 valence electrons. The Bertz CT molecular complexity index is 1110. The van der Waals surface area contributed by atoms with Crippen LogP contribution in [0.15, 0.2) is 54.7 Å². The van der Waals surface area contributed by atoms with Crippen molar-refractivity contribution in [2.75, 3.05) is 13.7 Å². The zero-order valence-corrected chi connectivity index (χ0v) is 19.7. The van der Waals surface area contributed by atoms with E-state index in [9.17, 15) is 4.79 Å². The average molecular weight is 445 g/mol. The quantitative estimate of drug-likeness (QED) is 0.569. The SMILES string of the molecule is COc1cccc(CNC(=O)c2cnc(C3CCCCN3Cc3cccc(C)c3)nc2C)c1. The minimum Gasteiger partial charge on any atom is -0.497 e. The number of likely N-dealkylation sites (tertiary alicyclic amines) is 1. The highest BCUT2D eigenvalue weighted by atomic mass is 16.5. The molecule has 0 spiro atoms. The first-order chi connectivity index (χ1) is 16.0. The normalized spacial score (nSPS) is 16.4. The molecule has 0 bridgehead atoms. The van der Waals surface area contributed by atoms with Crippen LogP contribution >= 0.6 is 0 Å². The number of hydrogen-bond donors (Lipinski definition) is 1. The predicted octanol–water partition coefficient (Wildman–Crippen LogP) is 4.76. The fraction of sp³-hybridized carbons (Fsp3) is 0.370. The number of nitrogens with zero attached hydrogens (tertiary/aromatic N) is 3. The topological polar surface area (TPSA) is 67.3 Å². The van der Waals surface area contributed by atoms with Crippen molar-refractivity contribution in [2.24, 2.45) is 0 Å². The van der Waals surface area contributed by atoms with Crippen LogP contribution in [0.25, 0.3) is 0 Å². The molecule has 33 heavy (non-hydrogen) atoms. The van der Waals surface area contributed by atoms with Crippen molar-refractivity contribution in [2.45, 2.75) is 52.2 Å². The van der Waals surface area contributed by atoms with Crippen molar-refractivity contribution in [1.82, 2.24) is 20.2 Å². The van der Waals surface area contributed by atoms with E-state index in [0.717, 1.165) is 36.6 Å². The van der Waals surface area contributed by atoms with Gasteiger partial charge < -0.3 is 10.1 Å². The molecule has 6 nitrogen and oxygen atoms in total. The molecule has 0 saturated carbocycles. The maximum Gasteiger partial charge on any atom is 0.254 e. The lowest BCUT2D eigenvalue weighted by Gasteiger charge is -2.35. The largest absolute Gasteiger partial charge is 0.497 e. The molecule has 1 amide bonds. The Morgan fingerprint density at radius 3 is 2.73 bits per heavy atom. The Morgan fingerprint density at radius 2 is 1.94 bits per heavy atom. The molecular weight excluding hydrogens is 412 g/mol. The molecule has 1 aromatic heterocycles. The van der Waals surface area contributed by atoms with Crippen LogP contribution in [0.5, 0.6) is 5.75 Å². The number of nitrogens with one attached hydrogen (secondary N) is 1. The Morgan fingerprint density at radius 1 is 1.12 bits per heavy atom. The van der Waals surface area contributed by atoms with E-state index in [4.69, 9.17) is 9.72 Å². The molecule has 3 aromatic rings. The molecule has 1 aliphatic rings. The molecule has 1 aliphatic heterocycles. The second-order valence-corrected chi connectivity index (χ2v) is 8.73. The van der Waals surface area contributed by atoms with Crippen LogP contribution in [0.3, 0.4) is 0 Å². The molecule has 6 heteroatoms. The molecule has 1 unspecified atom stereocenters. The van der Waals surface area contributed by atoms with E-state index in [1.807, 2.05) is 31.2 Å². The van der Waals surface area contributed by atoms with Gasteiger partial charge in [0.15, 0.2) is 0 Å². The number of amides is 1. The van der Waals surface area contributed by atoms with Gasteiger partial charge in [-0.2, -0.15) is 0 Å². The summed E-state index contributed by atoms with van der Waals surface area (Å²) in [6.45, 7) is 6.35. The van der Waals surface area contributed by atoms with Crippen molar-refractivity contribution in [3.8, 4) is 5.75 Å². The number of hydrogen-bond acceptors (Lipinski definition) is 5. The lowest BCUT2D eigenvalue weighted by molar-refractivity contribution is 0.0948. The Labute approximate surface area is 196 Å². The van der Waals surface area contributed by atoms with Gasteiger partial charge in [0.25, 0.3) is 5.91 Å². The number of benzene rings is 2. The molecule has 1 fully saturated rings. The second-order valence-electron chi connectivity index (χ2n) is 8.73. The number of carbonyl (C=O) groups excluding carboxylic acids is 1. The molecule has 4 rings (SSSR count). The summed E-state index contributed by atoms with van der Waals surface area (Å²) in [5, 5.41) is 2.97. The van der Waals surface area contributed by atoms with Gasteiger partial charge in [-0.05, 0) is 56.5 Å². The van der Waals surface area contributed by atoms with Crippen molar-refractivity contribution in [1.29, 1.82) is 0 Å². The number of methoxy groups -OCH3 is 1. The summed E-state index contributed by atoms with van der Waals surface area (Å²) in [5.41, 5.74) is 4.79. The summed E-state index contributed by atoms with van der Waals surface area (Å²) in [7, 11) is 1.63. The molecule has 0 aliphatic carbocycles. The summed E-state index contributed by atoms with van der Waals surface area (Å²) in [4.78, 5) is 24.7. The number of aryl methyl sites for hydroxylation is 2. The highest BCUT2D eigenvalue weighted by Gasteiger charge is 2.27. The van der Waals surface area contributed by atoms with E-state index in [-0.39, 0.29) is 11.9 Å². The van der Waals surface area contributed by atoms with Crippen molar-refractivity contribution >= 4 is 5.91 Å². The standard InChI is InChI=1S/C27H32N4O2/c1-19-8-6-10-22(14-19)18-31-13-5-4-12-25(31)26-28-17-24(20(2)30-26)27(32)29-16-21-9-7-11-23(15-21)33-3/h6-11,14-15,17,25H,4-5,12-13,16,18H2,1-3H3,(H,29,32). The molecule has 2 aromatic carbocycles. The van der Waals surface area contributed by atoms with E-state index in [1.165, 1.54) is 24.0 Å². The fourth-order valence-corrected chi connectivity index (χ4v) is 4.45. The van der Waals surface area contributed by atoms with Gasteiger partial charge in [0.05, 0.1) is 24.4 Å². The molecule has 1 N–H and O–H groups in total. The van der Waals surface area contributed by atoms with Gasteiger partial charge in [0.1, 0.15) is 11.6 Å². The molecular formula is C27H32N4O2. The van der Waals surface area contributed by atoms with Gasteiger partial charge >= 0.3 is 0 Å². The van der Waals surface area contributed by atoms with Crippen molar-refractivity contribution in [3.63, 3.8) is 0 Å². The summed E-state index contributed by atoms with van der Waals surface area (Å²) in [6.07, 6.45) is 5.07. The van der Waals surface area contributed by atoms with Gasteiger partial charge in [-0.1, -0.05) is 48.4 Å². The second kappa shape index (κ2) is 10.6. The van der Waals surface area contributed by atoms with E-state index >= 15 is 0 Å². The first kappa shape index (κ1) is 22.9. The van der Waals surface area contributed by atoms with Crippen LogP contribution in [-0.2, 0) is 13.1 Å². The zero-order chi connectivity index (χ0) is 23.2. The fourth-order valence-electron chi connectivity index (χ4n) is 4.45. The average Bonchev–Trinajstić information content (AvgIpc) is 2.83. The molecule has 0 radical (unpaired) electrons. The smallest absolute Gasteiger partial charge is 0.254 e. The third-order valence-electron chi connectivity index (χ3n) is 6.21. The Balaban J connectivity index is 1.45.